The average Bonchev–Trinajstić information content (AvgIpc) is 3.20. The van der Waals surface area contributed by atoms with Gasteiger partial charge in [-0.25, -0.2) is 4.39 Å². The van der Waals surface area contributed by atoms with Gasteiger partial charge in [0.15, 0.2) is 0 Å². The van der Waals surface area contributed by atoms with E-state index in [-0.39, 0.29) is 17.6 Å². The van der Waals surface area contributed by atoms with Gasteiger partial charge in [0.05, 0.1) is 0 Å². The molecule has 4 aromatic rings. The summed E-state index contributed by atoms with van der Waals surface area (Å²) in [6.07, 6.45) is 1.65. The lowest BCUT2D eigenvalue weighted by Gasteiger charge is -2.31. The molecule has 5 rings (SSSR count). The molecule has 0 bridgehead atoms. The lowest BCUT2D eigenvalue weighted by molar-refractivity contribution is -0.126. The van der Waals surface area contributed by atoms with E-state index >= 15 is 0 Å². The second-order valence-electron chi connectivity index (χ2n) is 9.31. The fourth-order valence-corrected chi connectivity index (χ4v) is 5.18. The van der Waals surface area contributed by atoms with E-state index in [9.17, 15) is 9.18 Å². The molecule has 0 aliphatic carbocycles. The van der Waals surface area contributed by atoms with Gasteiger partial charge < -0.3 is 9.88 Å². The fourth-order valence-electron chi connectivity index (χ4n) is 4.97. The predicted octanol–water partition coefficient (Wildman–Crippen LogP) is 6.01. The minimum absolute atomic E-state index is 0.00266. The molecule has 1 aliphatic rings. The first kappa shape index (κ1) is 23.6. The molecule has 180 valence electrons. The smallest absolute Gasteiger partial charge is 0.223 e. The van der Waals surface area contributed by atoms with E-state index in [0.717, 1.165) is 49.6 Å². The van der Waals surface area contributed by atoms with E-state index in [0.29, 0.717) is 6.54 Å². The number of hydrogen-bond donors (Lipinski definition) is 1. The van der Waals surface area contributed by atoms with Crippen molar-refractivity contribution in [2.75, 3.05) is 13.1 Å². The average molecular weight is 490 g/mol. The highest BCUT2D eigenvalue weighted by molar-refractivity contribution is 6.30. The van der Waals surface area contributed by atoms with Crippen LogP contribution in [0.5, 0.6) is 0 Å². The van der Waals surface area contributed by atoms with Crippen molar-refractivity contribution in [3.05, 3.63) is 107 Å². The number of para-hydroxylation sites is 1. The minimum atomic E-state index is -0.280. The van der Waals surface area contributed by atoms with Crippen LogP contribution in [0.3, 0.4) is 0 Å². The number of hydrogen-bond acceptors (Lipinski definition) is 2. The molecule has 3 aromatic carbocycles. The molecule has 1 saturated heterocycles. The molecule has 1 aliphatic heterocycles. The summed E-state index contributed by atoms with van der Waals surface area (Å²) >= 11 is 6.24. The van der Waals surface area contributed by atoms with Crippen LogP contribution in [0.4, 0.5) is 4.39 Å². The van der Waals surface area contributed by atoms with Crippen molar-refractivity contribution in [1.29, 1.82) is 0 Å². The van der Waals surface area contributed by atoms with Crippen LogP contribution in [0.25, 0.3) is 10.9 Å². The van der Waals surface area contributed by atoms with Crippen LogP contribution in [0.1, 0.15) is 29.7 Å². The van der Waals surface area contributed by atoms with Gasteiger partial charge >= 0.3 is 0 Å². The minimum Gasteiger partial charge on any atom is -0.352 e. The molecule has 0 atom stereocenters. The van der Waals surface area contributed by atoms with Gasteiger partial charge in [0.25, 0.3) is 0 Å². The molecule has 1 fully saturated rings. The number of likely N-dealkylation sites (tertiary alicyclic amines) is 1. The van der Waals surface area contributed by atoms with Crippen molar-refractivity contribution in [1.82, 2.24) is 14.8 Å². The number of piperidine rings is 1. The predicted molar refractivity (Wildman–Crippen MR) is 139 cm³/mol. The Morgan fingerprint density at radius 3 is 2.49 bits per heavy atom. The van der Waals surface area contributed by atoms with Crippen LogP contribution in [-0.2, 0) is 24.4 Å². The number of aromatic nitrogens is 1. The monoisotopic (exact) mass is 489 g/mol. The van der Waals surface area contributed by atoms with Crippen molar-refractivity contribution >= 4 is 28.4 Å². The molecule has 0 saturated carbocycles. The van der Waals surface area contributed by atoms with Crippen molar-refractivity contribution in [3.8, 4) is 0 Å². The Labute approximate surface area is 210 Å². The molecule has 0 unspecified atom stereocenters. The van der Waals surface area contributed by atoms with Crippen molar-refractivity contribution in [2.45, 2.75) is 32.5 Å². The topological polar surface area (TPSA) is 37.3 Å². The van der Waals surface area contributed by atoms with Gasteiger partial charge in [0.1, 0.15) is 5.82 Å². The van der Waals surface area contributed by atoms with E-state index in [2.05, 4.69) is 51.2 Å². The van der Waals surface area contributed by atoms with E-state index < -0.39 is 0 Å². The molecule has 0 spiro atoms. The molecular weight excluding hydrogens is 461 g/mol. The molecule has 1 amide bonds. The first-order chi connectivity index (χ1) is 17.0. The summed E-state index contributed by atoms with van der Waals surface area (Å²) in [5, 5.41) is 4.96. The second-order valence-corrected chi connectivity index (χ2v) is 9.75. The third-order valence-electron chi connectivity index (χ3n) is 6.83. The molecule has 0 radical (unpaired) electrons. The highest BCUT2D eigenvalue weighted by Gasteiger charge is 2.25. The normalized spacial score (nSPS) is 14.9. The fraction of sp³-hybridized carbons (Fsp3) is 0.276. The zero-order valence-electron chi connectivity index (χ0n) is 19.6. The van der Waals surface area contributed by atoms with Gasteiger partial charge in [-0.2, -0.15) is 0 Å². The highest BCUT2D eigenvalue weighted by atomic mass is 35.5. The summed E-state index contributed by atoms with van der Waals surface area (Å²) in [5.41, 5.74) is 4.44. The van der Waals surface area contributed by atoms with Gasteiger partial charge in [-0.1, -0.05) is 54.1 Å². The van der Waals surface area contributed by atoms with E-state index in [4.69, 9.17) is 11.6 Å². The van der Waals surface area contributed by atoms with Crippen LogP contribution in [0, 0.1) is 11.7 Å². The standard InChI is InChI=1S/C29H29ClFN3O/c30-25-8-3-6-22(15-25)19-34-27(17-24-7-1-2-10-28(24)34)20-33-13-11-23(12-14-33)29(35)32-18-21-5-4-9-26(31)16-21/h1-10,15-17,23H,11-14,18-20H2,(H,32,35). The van der Waals surface area contributed by atoms with Gasteiger partial charge in [-0.3, -0.25) is 9.69 Å². The summed E-state index contributed by atoms with van der Waals surface area (Å²) in [6, 6.07) is 25.1. The third kappa shape index (κ3) is 5.75. The molecule has 35 heavy (non-hydrogen) atoms. The lowest BCUT2D eigenvalue weighted by atomic mass is 9.95. The molecule has 1 aromatic heterocycles. The number of nitrogens with one attached hydrogen (secondary N) is 1. The van der Waals surface area contributed by atoms with E-state index in [1.165, 1.54) is 34.3 Å². The zero-order valence-corrected chi connectivity index (χ0v) is 20.3. The van der Waals surface area contributed by atoms with E-state index in [1.807, 2.05) is 24.3 Å². The summed E-state index contributed by atoms with van der Waals surface area (Å²) in [6.45, 7) is 3.71. The maximum Gasteiger partial charge on any atom is 0.223 e. The number of fused-ring (bicyclic) bond motifs is 1. The number of amides is 1. The largest absolute Gasteiger partial charge is 0.352 e. The van der Waals surface area contributed by atoms with Crippen LogP contribution >= 0.6 is 11.6 Å². The van der Waals surface area contributed by atoms with Crippen LogP contribution in [0.2, 0.25) is 5.02 Å². The first-order valence-corrected chi connectivity index (χ1v) is 12.5. The van der Waals surface area contributed by atoms with Gasteiger partial charge in [-0.15, -0.1) is 0 Å². The molecule has 4 nitrogen and oxygen atoms in total. The first-order valence-electron chi connectivity index (χ1n) is 12.1. The van der Waals surface area contributed by atoms with Gasteiger partial charge in [-0.05, 0) is 78.8 Å². The number of carbonyl (C=O) groups excluding carboxylic acids is 1. The number of carbonyl (C=O) groups is 1. The van der Waals surface area contributed by atoms with Crippen LogP contribution in [0.15, 0.2) is 78.9 Å². The van der Waals surface area contributed by atoms with Gasteiger partial charge in [0.2, 0.25) is 5.91 Å². The third-order valence-corrected chi connectivity index (χ3v) is 7.06. The SMILES string of the molecule is O=C(NCc1cccc(F)c1)C1CCN(Cc2cc3ccccc3n2Cc2cccc(Cl)c2)CC1. The second kappa shape index (κ2) is 10.6. The number of nitrogens with zero attached hydrogens (tertiary/aromatic N) is 2. The zero-order chi connectivity index (χ0) is 24.2. The van der Waals surface area contributed by atoms with Gasteiger partial charge in [0, 0.05) is 41.8 Å². The number of rotatable bonds is 7. The molecule has 2 heterocycles. The Kier molecular flexibility index (Phi) is 7.16. The van der Waals surface area contributed by atoms with Crippen molar-refractivity contribution in [3.63, 3.8) is 0 Å². The van der Waals surface area contributed by atoms with Crippen LogP contribution in [-0.4, -0.2) is 28.5 Å². The summed E-state index contributed by atoms with van der Waals surface area (Å²) in [4.78, 5) is 15.1. The van der Waals surface area contributed by atoms with Crippen LogP contribution < -0.4 is 5.32 Å². The Morgan fingerprint density at radius 1 is 0.914 bits per heavy atom. The maximum atomic E-state index is 13.4. The van der Waals surface area contributed by atoms with Crippen molar-refractivity contribution < 1.29 is 9.18 Å². The summed E-state index contributed by atoms with van der Waals surface area (Å²) < 4.78 is 15.8. The van der Waals surface area contributed by atoms with E-state index in [1.54, 1.807) is 6.07 Å². The Hall–Kier alpha value is -3.15. The number of halogens is 2. The number of benzene rings is 3. The lowest BCUT2D eigenvalue weighted by Crippen LogP contribution is -2.40. The Morgan fingerprint density at radius 2 is 1.69 bits per heavy atom. The molecular formula is C29H29ClFN3O. The molecule has 1 N–H and O–H groups in total. The summed E-state index contributed by atoms with van der Waals surface area (Å²) in [7, 11) is 0. The molecule has 6 heteroatoms. The summed E-state index contributed by atoms with van der Waals surface area (Å²) in [5.74, 6) is -0.223. The Bertz CT molecular complexity index is 1330. The highest BCUT2D eigenvalue weighted by Crippen LogP contribution is 2.25. The van der Waals surface area contributed by atoms with Crippen molar-refractivity contribution in [2.24, 2.45) is 5.92 Å². The quantitative estimate of drug-likeness (QED) is 0.345. The maximum absolute atomic E-state index is 13.4. The Balaban J connectivity index is 1.22.